The summed E-state index contributed by atoms with van der Waals surface area (Å²) in [5.74, 6) is 1.10. The zero-order valence-electron chi connectivity index (χ0n) is 24.0. The van der Waals surface area contributed by atoms with E-state index in [0.717, 1.165) is 28.3 Å². The van der Waals surface area contributed by atoms with E-state index in [2.05, 4.69) is 160 Å². The Bertz CT molecular complexity index is 2190. The van der Waals surface area contributed by atoms with E-state index in [1.54, 1.807) is 0 Å². The quantitative estimate of drug-likeness (QED) is 0.213. The van der Waals surface area contributed by atoms with E-state index in [1.807, 2.05) is 12.3 Å². The molecule has 0 radical (unpaired) electrons. The first-order chi connectivity index (χ1) is 21.8. The molecule has 208 valence electrons. The zero-order valence-corrected chi connectivity index (χ0v) is 24.0. The summed E-state index contributed by atoms with van der Waals surface area (Å²) in [5, 5.41) is 2.53. The maximum atomic E-state index is 4.98. The number of hydrogen-bond donors (Lipinski definition) is 0. The van der Waals surface area contributed by atoms with Crippen molar-refractivity contribution in [3.05, 3.63) is 163 Å². The van der Waals surface area contributed by atoms with E-state index >= 15 is 0 Å². The second-order valence-electron chi connectivity index (χ2n) is 11.4. The number of benzene rings is 5. The molecule has 0 amide bonds. The van der Waals surface area contributed by atoms with Crippen molar-refractivity contribution in [1.82, 2.24) is 14.5 Å². The highest BCUT2D eigenvalue weighted by molar-refractivity contribution is 6.09. The van der Waals surface area contributed by atoms with Crippen molar-refractivity contribution in [1.29, 1.82) is 0 Å². The van der Waals surface area contributed by atoms with Crippen molar-refractivity contribution >= 4 is 33.2 Å². The zero-order chi connectivity index (χ0) is 29.0. The van der Waals surface area contributed by atoms with Crippen LogP contribution in [0.25, 0.3) is 50.1 Å². The minimum absolute atomic E-state index is 0.285. The number of allylic oxidation sites excluding steroid dienone is 2. The van der Waals surface area contributed by atoms with Crippen molar-refractivity contribution in [2.45, 2.75) is 12.0 Å². The number of aromatic nitrogens is 3. The molecule has 9 rings (SSSR count). The molecule has 2 unspecified atom stereocenters. The Kier molecular flexibility index (Phi) is 5.60. The normalized spacial score (nSPS) is 16.9. The Balaban J connectivity index is 1.03. The van der Waals surface area contributed by atoms with Gasteiger partial charge in [0.25, 0.3) is 0 Å². The van der Waals surface area contributed by atoms with Gasteiger partial charge in [-0.3, -0.25) is 0 Å². The second-order valence-corrected chi connectivity index (χ2v) is 11.4. The molecule has 44 heavy (non-hydrogen) atoms. The van der Waals surface area contributed by atoms with Crippen LogP contribution in [0.2, 0.25) is 0 Å². The molecule has 2 aliphatic rings. The molecular formula is C40H28N4. The van der Waals surface area contributed by atoms with Crippen LogP contribution in [0.1, 0.15) is 11.5 Å². The van der Waals surface area contributed by atoms with E-state index in [0.29, 0.717) is 5.92 Å². The molecule has 7 aromatic rings. The number of rotatable bonds is 4. The van der Waals surface area contributed by atoms with E-state index in [9.17, 15) is 0 Å². The first-order valence-electron chi connectivity index (χ1n) is 15.1. The van der Waals surface area contributed by atoms with Crippen molar-refractivity contribution < 1.29 is 0 Å². The SMILES string of the molecule is C1=CC2c3ccccc3N(c3ccc(-c4nccc(-c5ccc(-n6c7ccccc7c7ccccc76)cc5)n4)cc3)C2C=C1. The highest BCUT2D eigenvalue weighted by Crippen LogP contribution is 2.47. The van der Waals surface area contributed by atoms with Gasteiger partial charge in [-0.05, 0) is 66.2 Å². The monoisotopic (exact) mass is 564 g/mol. The van der Waals surface area contributed by atoms with Crippen LogP contribution in [0.5, 0.6) is 0 Å². The molecule has 0 fully saturated rings. The predicted molar refractivity (Wildman–Crippen MR) is 181 cm³/mol. The van der Waals surface area contributed by atoms with Crippen molar-refractivity contribution in [2.24, 2.45) is 0 Å². The van der Waals surface area contributed by atoms with Gasteiger partial charge in [0.05, 0.1) is 22.8 Å². The van der Waals surface area contributed by atoms with Crippen molar-refractivity contribution in [3.8, 4) is 28.3 Å². The Hall–Kier alpha value is -5.74. The van der Waals surface area contributed by atoms with Crippen LogP contribution < -0.4 is 4.90 Å². The van der Waals surface area contributed by atoms with Gasteiger partial charge in [-0.25, -0.2) is 9.97 Å². The number of fused-ring (bicyclic) bond motifs is 6. The third kappa shape index (κ3) is 3.85. The molecule has 0 saturated heterocycles. The number of para-hydroxylation sites is 3. The predicted octanol–water partition coefficient (Wildman–Crippen LogP) is 9.64. The van der Waals surface area contributed by atoms with Crippen molar-refractivity contribution in [3.63, 3.8) is 0 Å². The van der Waals surface area contributed by atoms with E-state index < -0.39 is 0 Å². The smallest absolute Gasteiger partial charge is 0.159 e. The molecule has 4 heteroatoms. The van der Waals surface area contributed by atoms with E-state index in [-0.39, 0.29) is 6.04 Å². The van der Waals surface area contributed by atoms with Crippen LogP contribution in [0.15, 0.2) is 158 Å². The van der Waals surface area contributed by atoms with Gasteiger partial charge in [-0.2, -0.15) is 0 Å². The molecule has 4 nitrogen and oxygen atoms in total. The highest BCUT2D eigenvalue weighted by atomic mass is 15.2. The number of anilines is 2. The Labute approximate surface area is 255 Å². The fourth-order valence-corrected chi connectivity index (χ4v) is 7.00. The lowest BCUT2D eigenvalue weighted by atomic mass is 9.91. The lowest BCUT2D eigenvalue weighted by Crippen LogP contribution is -2.28. The molecule has 3 heterocycles. The van der Waals surface area contributed by atoms with Crippen LogP contribution in [-0.4, -0.2) is 20.6 Å². The summed E-state index contributed by atoms with van der Waals surface area (Å²) in [6.07, 6.45) is 10.8. The Morgan fingerprint density at radius 3 is 1.95 bits per heavy atom. The molecule has 1 aliphatic heterocycles. The van der Waals surface area contributed by atoms with Crippen LogP contribution in [0.4, 0.5) is 11.4 Å². The first-order valence-corrected chi connectivity index (χ1v) is 15.1. The minimum atomic E-state index is 0.285. The van der Waals surface area contributed by atoms with Gasteiger partial charge in [0.2, 0.25) is 0 Å². The maximum Gasteiger partial charge on any atom is 0.159 e. The van der Waals surface area contributed by atoms with Gasteiger partial charge >= 0.3 is 0 Å². The van der Waals surface area contributed by atoms with Crippen LogP contribution in [0.3, 0.4) is 0 Å². The topological polar surface area (TPSA) is 34.0 Å². The molecule has 2 aromatic heterocycles. The van der Waals surface area contributed by atoms with Crippen LogP contribution >= 0.6 is 0 Å². The third-order valence-corrected chi connectivity index (χ3v) is 9.02. The molecule has 5 aromatic carbocycles. The minimum Gasteiger partial charge on any atom is -0.333 e. The molecule has 0 saturated carbocycles. The average Bonchev–Trinajstić information content (AvgIpc) is 3.62. The summed E-state index contributed by atoms with van der Waals surface area (Å²) >= 11 is 0. The van der Waals surface area contributed by atoms with E-state index in [1.165, 1.54) is 38.7 Å². The van der Waals surface area contributed by atoms with Crippen LogP contribution in [0, 0.1) is 0 Å². The summed E-state index contributed by atoms with van der Waals surface area (Å²) in [4.78, 5) is 12.1. The Morgan fingerprint density at radius 2 is 1.18 bits per heavy atom. The molecular weight excluding hydrogens is 536 g/mol. The Morgan fingerprint density at radius 1 is 0.545 bits per heavy atom. The summed E-state index contributed by atoms with van der Waals surface area (Å²) in [7, 11) is 0. The van der Waals surface area contributed by atoms with Gasteiger partial charge in [0.15, 0.2) is 5.82 Å². The summed E-state index contributed by atoms with van der Waals surface area (Å²) < 4.78 is 2.34. The lowest BCUT2D eigenvalue weighted by molar-refractivity contribution is 0.745. The summed E-state index contributed by atoms with van der Waals surface area (Å²) in [6.45, 7) is 0. The summed E-state index contributed by atoms with van der Waals surface area (Å²) in [6, 6.07) is 45.5. The standard InChI is InChI=1S/C40H28N4/c1-5-13-36-31(9-1)32-10-2-6-14-37(32)43(36)29-21-17-27(18-22-29)35-25-26-41-40(42-35)28-19-23-30(24-20-28)44-38-15-7-3-11-33(38)34-12-4-8-16-39(34)44/h1-26,33,38H. The highest BCUT2D eigenvalue weighted by Gasteiger charge is 2.36. The molecule has 0 N–H and O–H groups in total. The van der Waals surface area contributed by atoms with Crippen molar-refractivity contribution in [2.75, 3.05) is 4.90 Å². The maximum absolute atomic E-state index is 4.98. The average molecular weight is 565 g/mol. The van der Waals surface area contributed by atoms with Gasteiger partial charge in [0.1, 0.15) is 0 Å². The van der Waals surface area contributed by atoms with Gasteiger partial charge < -0.3 is 9.47 Å². The largest absolute Gasteiger partial charge is 0.333 e. The van der Waals surface area contributed by atoms with Crippen LogP contribution in [-0.2, 0) is 0 Å². The number of hydrogen-bond acceptors (Lipinski definition) is 3. The van der Waals surface area contributed by atoms with Gasteiger partial charge in [-0.1, -0.05) is 91.0 Å². The molecule has 1 aliphatic carbocycles. The van der Waals surface area contributed by atoms with Gasteiger partial charge in [-0.15, -0.1) is 0 Å². The molecule has 0 spiro atoms. The summed E-state index contributed by atoms with van der Waals surface area (Å²) in [5.41, 5.74) is 10.3. The third-order valence-electron chi connectivity index (χ3n) is 9.02. The number of nitrogens with zero attached hydrogens (tertiary/aromatic N) is 4. The fourth-order valence-electron chi connectivity index (χ4n) is 7.00. The fraction of sp³-hybridized carbons (Fsp3) is 0.0500. The van der Waals surface area contributed by atoms with E-state index in [4.69, 9.17) is 4.98 Å². The first kappa shape index (κ1) is 24.8. The lowest BCUT2D eigenvalue weighted by Gasteiger charge is -2.28. The second kappa shape index (κ2) is 9.92. The van der Waals surface area contributed by atoms with Gasteiger partial charge in [0, 0.05) is 51.1 Å². The molecule has 0 bridgehead atoms. The molecule has 2 atom stereocenters.